The van der Waals surface area contributed by atoms with Gasteiger partial charge in [0.15, 0.2) is 0 Å². The average Bonchev–Trinajstić information content (AvgIpc) is 3.37. The first kappa shape index (κ1) is 41.1. The number of aryl methyl sites for hydroxylation is 1. The van der Waals surface area contributed by atoms with Gasteiger partial charge in [0.1, 0.15) is 0 Å². The van der Waals surface area contributed by atoms with Crippen LogP contribution in [0.5, 0.6) is 0 Å². The van der Waals surface area contributed by atoms with Gasteiger partial charge < -0.3 is 20.2 Å². The maximum absolute atomic E-state index is 10.6. The molecule has 0 radical (unpaired) electrons. The van der Waals surface area contributed by atoms with Crippen molar-refractivity contribution in [3.8, 4) is 0 Å². The summed E-state index contributed by atoms with van der Waals surface area (Å²) in [6.45, 7) is 12.8. The van der Waals surface area contributed by atoms with Gasteiger partial charge in [-0.2, -0.15) is 44.6 Å². The molecule has 3 heterocycles. The number of carbonyl (C=O) groups is 3. The molecule has 0 saturated heterocycles. The molecular formula is C25H32F9N5O6. The summed E-state index contributed by atoms with van der Waals surface area (Å²) in [5.74, 6) is -8.27. The molecule has 0 bridgehead atoms. The lowest BCUT2D eigenvalue weighted by Crippen LogP contribution is -2.39. The van der Waals surface area contributed by atoms with Crippen LogP contribution in [0, 0.1) is 6.92 Å². The van der Waals surface area contributed by atoms with Crippen molar-refractivity contribution in [1.29, 1.82) is 0 Å². The van der Waals surface area contributed by atoms with Crippen molar-refractivity contribution in [3.05, 3.63) is 47.5 Å². The third-order valence-electron chi connectivity index (χ3n) is 5.68. The Hall–Kier alpha value is -3.94. The molecule has 20 heteroatoms. The van der Waals surface area contributed by atoms with E-state index in [1.54, 1.807) is 0 Å². The van der Waals surface area contributed by atoms with E-state index in [9.17, 15) is 39.5 Å². The van der Waals surface area contributed by atoms with E-state index in [0.29, 0.717) is 6.04 Å². The molecule has 1 unspecified atom stereocenters. The van der Waals surface area contributed by atoms with Crippen LogP contribution in [-0.4, -0.2) is 102 Å². The number of pyridine rings is 1. The lowest BCUT2D eigenvalue weighted by atomic mass is 10.1. The normalized spacial score (nSPS) is 14.9. The highest BCUT2D eigenvalue weighted by Gasteiger charge is 2.39. The molecule has 3 N–H and O–H groups in total. The second-order valence-electron chi connectivity index (χ2n) is 9.09. The molecule has 0 saturated carbocycles. The van der Waals surface area contributed by atoms with E-state index in [1.807, 2.05) is 6.20 Å². The molecule has 0 amide bonds. The monoisotopic (exact) mass is 669 g/mol. The van der Waals surface area contributed by atoms with Gasteiger partial charge in [0.25, 0.3) is 0 Å². The first-order valence-electron chi connectivity index (χ1n) is 12.8. The number of nitrogens with zero attached hydrogens (tertiary/aromatic N) is 5. The number of hydrogen-bond acceptors (Lipinski definition) is 7. The zero-order valence-corrected chi connectivity index (χ0v) is 24.1. The highest BCUT2D eigenvalue weighted by atomic mass is 19.4. The number of aromatic nitrogens is 3. The van der Waals surface area contributed by atoms with Crippen molar-refractivity contribution in [3.63, 3.8) is 0 Å². The Morgan fingerprint density at radius 3 is 1.73 bits per heavy atom. The summed E-state index contributed by atoms with van der Waals surface area (Å²) >= 11 is 0. The molecule has 0 aliphatic carbocycles. The van der Waals surface area contributed by atoms with E-state index in [2.05, 4.69) is 69.6 Å². The number of aliphatic carboxylic acids is 3. The van der Waals surface area contributed by atoms with Crippen LogP contribution in [0.15, 0.2) is 30.5 Å². The highest BCUT2D eigenvalue weighted by Crippen LogP contribution is 2.24. The Kier molecular flexibility index (Phi) is 16.5. The fraction of sp³-hybridized carbons (Fsp3) is 0.560. The molecule has 1 atom stereocenters. The van der Waals surface area contributed by atoms with Gasteiger partial charge in [-0.1, -0.05) is 19.9 Å². The summed E-state index contributed by atoms with van der Waals surface area (Å²) in [6.07, 6.45) is -12.2. The summed E-state index contributed by atoms with van der Waals surface area (Å²) in [5, 5.41) is 26.0. The maximum atomic E-state index is 10.6. The first-order valence-corrected chi connectivity index (χ1v) is 12.8. The highest BCUT2D eigenvalue weighted by molar-refractivity contribution is 5.73. The molecule has 2 aromatic heterocycles. The molecule has 0 fully saturated rings. The Morgan fingerprint density at radius 1 is 0.867 bits per heavy atom. The summed E-state index contributed by atoms with van der Waals surface area (Å²) < 4.78 is 97.4. The molecule has 0 spiro atoms. The standard InChI is InChI=1S/C19H29N5.3C2HF3O2/c1-4-22(5-2)12-10-19-15-23(14-18-9-11-20-24(18)19)13-17-8-6-7-16(3)21-17;3*3-2(4,5)1(6)7/h6-9,11,19H,4-5,10,12-15H2,1-3H3;3*(H,6,7). The molecule has 3 rings (SSSR count). The zero-order valence-electron chi connectivity index (χ0n) is 24.1. The van der Waals surface area contributed by atoms with E-state index < -0.39 is 36.4 Å². The van der Waals surface area contributed by atoms with E-state index in [-0.39, 0.29) is 0 Å². The number of alkyl halides is 9. The first-order chi connectivity index (χ1) is 20.5. The van der Waals surface area contributed by atoms with Gasteiger partial charge in [-0.15, -0.1) is 0 Å². The molecule has 1 aliphatic rings. The maximum Gasteiger partial charge on any atom is 0.490 e. The van der Waals surface area contributed by atoms with Gasteiger partial charge in [0.05, 0.1) is 17.4 Å². The Bertz CT molecular complexity index is 1160. The molecule has 2 aromatic rings. The van der Waals surface area contributed by atoms with Crippen LogP contribution in [0.3, 0.4) is 0 Å². The van der Waals surface area contributed by atoms with E-state index in [0.717, 1.165) is 57.1 Å². The van der Waals surface area contributed by atoms with Crippen LogP contribution in [0.2, 0.25) is 0 Å². The van der Waals surface area contributed by atoms with Gasteiger partial charge in [0, 0.05) is 38.1 Å². The number of hydrogen-bond donors (Lipinski definition) is 3. The summed E-state index contributed by atoms with van der Waals surface area (Å²) in [5.41, 5.74) is 3.57. The largest absolute Gasteiger partial charge is 0.490 e. The number of carboxylic acid groups (broad SMARTS) is 3. The van der Waals surface area contributed by atoms with Crippen molar-refractivity contribution in [2.75, 3.05) is 26.2 Å². The Labute approximate surface area is 250 Å². The van der Waals surface area contributed by atoms with Crippen LogP contribution in [-0.2, 0) is 27.5 Å². The predicted octanol–water partition coefficient (Wildman–Crippen LogP) is 4.78. The van der Waals surface area contributed by atoms with Gasteiger partial charge in [0.2, 0.25) is 0 Å². The molecular weight excluding hydrogens is 637 g/mol. The number of fused-ring (bicyclic) bond motifs is 1. The van der Waals surface area contributed by atoms with E-state index >= 15 is 0 Å². The summed E-state index contributed by atoms with van der Waals surface area (Å²) in [4.78, 5) is 36.3. The average molecular weight is 670 g/mol. The van der Waals surface area contributed by atoms with Gasteiger partial charge in [-0.05, 0) is 44.6 Å². The van der Waals surface area contributed by atoms with E-state index in [1.165, 1.54) is 5.69 Å². The van der Waals surface area contributed by atoms with Crippen LogP contribution in [0.25, 0.3) is 0 Å². The number of halogens is 9. The molecule has 0 aromatic carbocycles. The molecule has 256 valence electrons. The lowest BCUT2D eigenvalue weighted by Gasteiger charge is -2.34. The smallest absolute Gasteiger partial charge is 0.475 e. The van der Waals surface area contributed by atoms with Gasteiger partial charge in [-0.25, -0.2) is 14.4 Å². The molecule has 1 aliphatic heterocycles. The van der Waals surface area contributed by atoms with Crippen LogP contribution in [0.1, 0.15) is 43.4 Å². The second kappa shape index (κ2) is 18.1. The van der Waals surface area contributed by atoms with Crippen molar-refractivity contribution in [2.45, 2.75) is 64.9 Å². The van der Waals surface area contributed by atoms with E-state index in [4.69, 9.17) is 29.7 Å². The SMILES string of the molecule is CCN(CC)CCC1CN(Cc2cccc(C)n2)Cc2ccnn21.O=C(O)C(F)(F)F.O=C(O)C(F)(F)F.O=C(O)C(F)(F)F. The predicted molar refractivity (Wildman–Crippen MR) is 138 cm³/mol. The second-order valence-corrected chi connectivity index (χ2v) is 9.09. The van der Waals surface area contributed by atoms with Crippen molar-refractivity contribution < 1.29 is 69.2 Å². The van der Waals surface area contributed by atoms with Crippen molar-refractivity contribution in [1.82, 2.24) is 24.6 Å². The minimum atomic E-state index is -5.08. The quantitative estimate of drug-likeness (QED) is 0.352. The fourth-order valence-corrected chi connectivity index (χ4v) is 3.59. The number of carboxylic acids is 3. The third kappa shape index (κ3) is 16.6. The number of rotatable bonds is 7. The van der Waals surface area contributed by atoms with Gasteiger partial charge >= 0.3 is 36.4 Å². The minimum Gasteiger partial charge on any atom is -0.475 e. The zero-order chi connectivity index (χ0) is 35.2. The van der Waals surface area contributed by atoms with Gasteiger partial charge in [-0.3, -0.25) is 14.6 Å². The topological polar surface area (TPSA) is 149 Å². The van der Waals surface area contributed by atoms with Crippen LogP contribution < -0.4 is 0 Å². The van der Waals surface area contributed by atoms with Crippen molar-refractivity contribution >= 4 is 17.9 Å². The fourth-order valence-electron chi connectivity index (χ4n) is 3.59. The molecule has 11 nitrogen and oxygen atoms in total. The summed E-state index contributed by atoms with van der Waals surface area (Å²) in [6, 6.07) is 8.89. The third-order valence-corrected chi connectivity index (χ3v) is 5.68. The van der Waals surface area contributed by atoms with Crippen LogP contribution in [0.4, 0.5) is 39.5 Å². The molecule has 45 heavy (non-hydrogen) atoms. The Morgan fingerprint density at radius 2 is 1.33 bits per heavy atom. The van der Waals surface area contributed by atoms with Crippen molar-refractivity contribution in [2.24, 2.45) is 0 Å². The lowest BCUT2D eigenvalue weighted by molar-refractivity contribution is -0.193. The summed E-state index contributed by atoms with van der Waals surface area (Å²) in [7, 11) is 0. The Balaban J connectivity index is 0.000000753. The van der Waals surface area contributed by atoms with Crippen LogP contribution >= 0.6 is 0 Å². The minimum absolute atomic E-state index is 0.453.